The maximum atomic E-state index is 5.55. The first-order chi connectivity index (χ1) is 6.31. The zero-order valence-electron chi connectivity index (χ0n) is 7.02. The predicted octanol–water partition coefficient (Wildman–Crippen LogP) is 0.346. The molecule has 0 amide bonds. The van der Waals surface area contributed by atoms with Gasteiger partial charge in [0, 0.05) is 7.11 Å². The van der Waals surface area contributed by atoms with E-state index in [0.29, 0.717) is 29.5 Å². The van der Waals surface area contributed by atoms with Crippen molar-refractivity contribution < 1.29 is 9.15 Å². The molecule has 0 bridgehead atoms. The Morgan fingerprint density at radius 1 is 1.54 bits per heavy atom. The third kappa shape index (κ3) is 1.31. The van der Waals surface area contributed by atoms with E-state index in [1.807, 2.05) is 0 Å². The van der Waals surface area contributed by atoms with Crippen molar-refractivity contribution in [3.8, 4) is 0 Å². The Bertz CT molecular complexity index is 425. The zero-order valence-corrected chi connectivity index (χ0v) is 7.02. The van der Waals surface area contributed by atoms with E-state index < -0.39 is 0 Å². The molecule has 0 aliphatic carbocycles. The number of ether oxygens (including phenoxy) is 1. The van der Waals surface area contributed by atoms with Crippen molar-refractivity contribution in [3.05, 3.63) is 12.2 Å². The molecule has 2 aromatic rings. The summed E-state index contributed by atoms with van der Waals surface area (Å²) in [6, 6.07) is 0. The number of hydrogen-bond acceptors (Lipinski definition) is 6. The third-order valence-corrected chi connectivity index (χ3v) is 1.54. The van der Waals surface area contributed by atoms with Gasteiger partial charge in [-0.2, -0.15) is 4.98 Å². The van der Waals surface area contributed by atoms with E-state index in [-0.39, 0.29) is 0 Å². The highest BCUT2D eigenvalue weighted by Crippen LogP contribution is 2.16. The molecular formula is C7H8N4O2. The van der Waals surface area contributed by atoms with Crippen LogP contribution < -0.4 is 5.73 Å². The van der Waals surface area contributed by atoms with Crippen LogP contribution in [0.3, 0.4) is 0 Å². The molecule has 0 atom stereocenters. The topological polar surface area (TPSA) is 87.1 Å². The van der Waals surface area contributed by atoms with Crippen LogP contribution >= 0.6 is 0 Å². The Hall–Kier alpha value is -1.69. The number of fused-ring (bicyclic) bond motifs is 1. The van der Waals surface area contributed by atoms with E-state index in [2.05, 4.69) is 15.0 Å². The minimum absolute atomic E-state index is 0.301. The summed E-state index contributed by atoms with van der Waals surface area (Å²) < 4.78 is 10.1. The molecule has 2 aromatic heterocycles. The molecule has 2 heterocycles. The fraction of sp³-hybridized carbons (Fsp3) is 0.286. The number of nitrogen functional groups attached to an aromatic ring is 1. The third-order valence-electron chi connectivity index (χ3n) is 1.54. The number of aromatic nitrogens is 3. The van der Waals surface area contributed by atoms with Gasteiger partial charge in [-0.05, 0) is 0 Å². The van der Waals surface area contributed by atoms with Crippen LogP contribution in [-0.2, 0) is 11.3 Å². The summed E-state index contributed by atoms with van der Waals surface area (Å²) in [5.74, 6) is 0.765. The van der Waals surface area contributed by atoms with Crippen molar-refractivity contribution in [2.75, 3.05) is 12.8 Å². The summed E-state index contributed by atoms with van der Waals surface area (Å²) in [6.07, 6.45) is 1.33. The van der Waals surface area contributed by atoms with Gasteiger partial charge in [-0.3, -0.25) is 0 Å². The lowest BCUT2D eigenvalue weighted by molar-refractivity contribution is 0.161. The average molecular weight is 180 g/mol. The van der Waals surface area contributed by atoms with Gasteiger partial charge in [0.15, 0.2) is 11.3 Å². The second-order valence-corrected chi connectivity index (χ2v) is 2.45. The lowest BCUT2D eigenvalue weighted by atomic mass is 10.5. The highest BCUT2D eigenvalue weighted by Gasteiger charge is 2.09. The highest BCUT2D eigenvalue weighted by atomic mass is 16.5. The molecule has 0 saturated carbocycles. The van der Waals surface area contributed by atoms with Gasteiger partial charge in [0.2, 0.25) is 5.89 Å². The molecule has 0 unspecified atom stereocenters. The van der Waals surface area contributed by atoms with Crippen molar-refractivity contribution in [1.82, 2.24) is 15.0 Å². The second kappa shape index (κ2) is 2.98. The van der Waals surface area contributed by atoms with E-state index >= 15 is 0 Å². The van der Waals surface area contributed by atoms with Crippen molar-refractivity contribution in [2.45, 2.75) is 6.61 Å². The molecule has 2 rings (SSSR count). The normalized spacial score (nSPS) is 10.8. The van der Waals surface area contributed by atoms with Crippen LogP contribution in [0.5, 0.6) is 0 Å². The molecule has 0 aliphatic heterocycles. The van der Waals surface area contributed by atoms with Gasteiger partial charge < -0.3 is 14.9 Å². The first kappa shape index (κ1) is 7.93. The van der Waals surface area contributed by atoms with Crippen LogP contribution in [0.15, 0.2) is 10.7 Å². The molecule has 68 valence electrons. The van der Waals surface area contributed by atoms with E-state index in [9.17, 15) is 0 Å². The van der Waals surface area contributed by atoms with Gasteiger partial charge in [0.1, 0.15) is 12.9 Å². The molecule has 2 N–H and O–H groups in total. The smallest absolute Gasteiger partial charge is 0.252 e. The van der Waals surface area contributed by atoms with Gasteiger partial charge >= 0.3 is 0 Å². The average Bonchev–Trinajstić information content (AvgIpc) is 2.49. The molecule has 0 fully saturated rings. The summed E-state index contributed by atoms with van der Waals surface area (Å²) in [6.45, 7) is 0.301. The number of nitrogens with zero attached hydrogens (tertiary/aromatic N) is 3. The molecule has 0 radical (unpaired) electrons. The van der Waals surface area contributed by atoms with Crippen LogP contribution in [0.2, 0.25) is 0 Å². The fourth-order valence-corrected chi connectivity index (χ4v) is 0.999. The van der Waals surface area contributed by atoms with Crippen molar-refractivity contribution in [3.63, 3.8) is 0 Å². The van der Waals surface area contributed by atoms with E-state index in [1.165, 1.54) is 6.33 Å². The van der Waals surface area contributed by atoms with Crippen LogP contribution in [0.1, 0.15) is 5.89 Å². The summed E-state index contributed by atoms with van der Waals surface area (Å²) in [5.41, 5.74) is 6.42. The van der Waals surface area contributed by atoms with Gasteiger partial charge in [0.05, 0.1) is 0 Å². The SMILES string of the molecule is COCc1nc2c(N)ncnc2o1. The van der Waals surface area contributed by atoms with Crippen molar-refractivity contribution in [1.29, 1.82) is 0 Å². The minimum atomic E-state index is 0.301. The molecule has 0 aliphatic rings. The van der Waals surface area contributed by atoms with Crippen LogP contribution in [-0.4, -0.2) is 22.1 Å². The summed E-state index contributed by atoms with van der Waals surface area (Å²) >= 11 is 0. The fourth-order valence-electron chi connectivity index (χ4n) is 0.999. The standard InChI is InChI=1S/C7H8N4O2/c1-12-2-4-11-5-6(8)9-3-10-7(5)13-4/h3H,2H2,1H3,(H2,8,9,10). The molecule has 0 saturated heterocycles. The summed E-state index contributed by atoms with van der Waals surface area (Å²) in [7, 11) is 1.56. The van der Waals surface area contributed by atoms with Crippen LogP contribution in [0, 0.1) is 0 Å². The number of nitrogens with two attached hydrogens (primary N) is 1. The quantitative estimate of drug-likeness (QED) is 0.717. The molecule has 0 aromatic carbocycles. The Balaban J connectivity index is 2.55. The Labute approximate surface area is 73.7 Å². The monoisotopic (exact) mass is 180 g/mol. The second-order valence-electron chi connectivity index (χ2n) is 2.45. The van der Waals surface area contributed by atoms with Crippen LogP contribution in [0.4, 0.5) is 5.82 Å². The molecule has 6 nitrogen and oxygen atoms in total. The van der Waals surface area contributed by atoms with Gasteiger partial charge in [0.25, 0.3) is 5.71 Å². The maximum absolute atomic E-state index is 5.55. The maximum Gasteiger partial charge on any atom is 0.252 e. The highest BCUT2D eigenvalue weighted by molar-refractivity contribution is 5.79. The first-order valence-electron chi connectivity index (χ1n) is 3.66. The molecule has 13 heavy (non-hydrogen) atoms. The predicted molar refractivity (Wildman–Crippen MR) is 44.7 cm³/mol. The van der Waals surface area contributed by atoms with Gasteiger partial charge in [-0.25, -0.2) is 9.97 Å². The van der Waals surface area contributed by atoms with Gasteiger partial charge in [-0.1, -0.05) is 0 Å². The zero-order chi connectivity index (χ0) is 9.26. The minimum Gasteiger partial charge on any atom is -0.420 e. The van der Waals surface area contributed by atoms with E-state index in [0.717, 1.165) is 0 Å². The Morgan fingerprint density at radius 3 is 3.08 bits per heavy atom. The number of methoxy groups -OCH3 is 1. The molecule has 6 heteroatoms. The number of rotatable bonds is 2. The Kier molecular flexibility index (Phi) is 1.82. The van der Waals surface area contributed by atoms with Crippen molar-refractivity contribution in [2.24, 2.45) is 0 Å². The number of oxazole rings is 1. The summed E-state index contributed by atoms with van der Waals surface area (Å²) in [5, 5.41) is 0. The number of anilines is 1. The lowest BCUT2D eigenvalue weighted by Crippen LogP contribution is -1.92. The van der Waals surface area contributed by atoms with Crippen molar-refractivity contribution >= 4 is 17.0 Å². The van der Waals surface area contributed by atoms with E-state index in [4.69, 9.17) is 14.9 Å². The first-order valence-corrected chi connectivity index (χ1v) is 3.66. The molecular weight excluding hydrogens is 172 g/mol. The largest absolute Gasteiger partial charge is 0.420 e. The molecule has 0 spiro atoms. The lowest BCUT2D eigenvalue weighted by Gasteiger charge is -1.87. The summed E-state index contributed by atoms with van der Waals surface area (Å²) in [4.78, 5) is 11.7. The van der Waals surface area contributed by atoms with E-state index in [1.54, 1.807) is 7.11 Å². The van der Waals surface area contributed by atoms with Crippen LogP contribution in [0.25, 0.3) is 11.2 Å². The number of hydrogen-bond donors (Lipinski definition) is 1. The van der Waals surface area contributed by atoms with Gasteiger partial charge in [-0.15, -0.1) is 0 Å². The Morgan fingerprint density at radius 2 is 2.38 bits per heavy atom.